The van der Waals surface area contributed by atoms with Crippen LogP contribution in [0.15, 0.2) is 34.9 Å². The molecule has 100 valence electrons. The van der Waals surface area contributed by atoms with Crippen LogP contribution in [0.2, 0.25) is 0 Å². The van der Waals surface area contributed by atoms with Crippen molar-refractivity contribution in [2.45, 2.75) is 19.9 Å². The third kappa shape index (κ3) is 3.93. The minimum atomic E-state index is -0.814. The maximum atomic E-state index is 10.4. The molecule has 0 aliphatic carbocycles. The molecule has 2 N–H and O–H groups in total. The summed E-state index contributed by atoms with van der Waals surface area (Å²) in [6, 6.07) is 9.89. The topological polar surface area (TPSA) is 75.4 Å². The lowest BCUT2D eigenvalue weighted by Crippen LogP contribution is -2.17. The summed E-state index contributed by atoms with van der Waals surface area (Å²) in [5, 5.41) is 15.5. The summed E-state index contributed by atoms with van der Waals surface area (Å²) in [5.74, 6) is -0.119. The van der Waals surface area contributed by atoms with E-state index in [0.29, 0.717) is 18.8 Å². The highest BCUT2D eigenvalue weighted by molar-refractivity contribution is 5.66. The van der Waals surface area contributed by atoms with Gasteiger partial charge in [-0.05, 0) is 6.92 Å². The summed E-state index contributed by atoms with van der Waals surface area (Å²) in [4.78, 5) is 10.4. The highest BCUT2D eigenvalue weighted by Crippen LogP contribution is 2.19. The second-order valence-corrected chi connectivity index (χ2v) is 4.37. The molecule has 0 fully saturated rings. The smallest absolute Gasteiger partial charge is 0.304 e. The highest BCUT2D eigenvalue weighted by Gasteiger charge is 2.06. The fraction of sp³-hybridized carbons (Fsp3) is 0.286. The molecule has 0 saturated carbocycles. The van der Waals surface area contributed by atoms with Gasteiger partial charge in [-0.3, -0.25) is 4.79 Å². The van der Waals surface area contributed by atoms with Crippen molar-refractivity contribution in [2.75, 3.05) is 6.54 Å². The average molecular weight is 260 g/mol. The van der Waals surface area contributed by atoms with E-state index in [9.17, 15) is 4.79 Å². The number of hydrogen-bond donors (Lipinski definition) is 2. The number of aliphatic carboxylic acids is 1. The summed E-state index contributed by atoms with van der Waals surface area (Å²) >= 11 is 0. The normalized spacial score (nSPS) is 10.6. The molecular weight excluding hydrogens is 244 g/mol. The van der Waals surface area contributed by atoms with Gasteiger partial charge < -0.3 is 14.9 Å². The van der Waals surface area contributed by atoms with Crippen LogP contribution in [0.4, 0.5) is 0 Å². The third-order valence-corrected chi connectivity index (χ3v) is 2.72. The Morgan fingerprint density at radius 2 is 2.11 bits per heavy atom. The number of carboxylic acid groups (broad SMARTS) is 1. The van der Waals surface area contributed by atoms with Crippen molar-refractivity contribution in [2.24, 2.45) is 0 Å². The predicted molar refractivity (Wildman–Crippen MR) is 70.6 cm³/mol. The molecule has 19 heavy (non-hydrogen) atoms. The van der Waals surface area contributed by atoms with E-state index in [2.05, 4.69) is 10.5 Å². The van der Waals surface area contributed by atoms with Gasteiger partial charge in [0.05, 0.1) is 13.0 Å². The van der Waals surface area contributed by atoms with E-state index >= 15 is 0 Å². The molecule has 2 aromatic rings. The van der Waals surface area contributed by atoms with Gasteiger partial charge in [-0.15, -0.1) is 0 Å². The van der Waals surface area contributed by atoms with Gasteiger partial charge in [0, 0.05) is 18.2 Å². The van der Waals surface area contributed by atoms with Crippen LogP contribution in [0.5, 0.6) is 0 Å². The molecule has 0 aliphatic rings. The molecule has 2 rings (SSSR count). The number of hydrogen-bond acceptors (Lipinski definition) is 4. The number of carbonyl (C=O) groups is 1. The molecule has 1 aromatic heterocycles. The Morgan fingerprint density at radius 1 is 1.37 bits per heavy atom. The Balaban J connectivity index is 1.91. The molecule has 0 unspecified atom stereocenters. The van der Waals surface area contributed by atoms with Crippen molar-refractivity contribution in [1.29, 1.82) is 0 Å². The van der Waals surface area contributed by atoms with Crippen LogP contribution in [0.25, 0.3) is 11.3 Å². The van der Waals surface area contributed by atoms with E-state index in [1.54, 1.807) is 0 Å². The van der Waals surface area contributed by atoms with E-state index < -0.39 is 5.97 Å². The Kier molecular flexibility index (Phi) is 4.30. The maximum Gasteiger partial charge on any atom is 0.304 e. The van der Waals surface area contributed by atoms with Crippen LogP contribution in [-0.2, 0) is 11.3 Å². The minimum Gasteiger partial charge on any atom is -0.481 e. The van der Waals surface area contributed by atoms with Gasteiger partial charge in [-0.2, -0.15) is 0 Å². The number of nitrogens with zero attached hydrogens (tertiary/aromatic N) is 1. The van der Waals surface area contributed by atoms with Gasteiger partial charge in [0.15, 0.2) is 5.76 Å². The zero-order chi connectivity index (χ0) is 13.7. The first-order chi connectivity index (χ1) is 9.15. The summed E-state index contributed by atoms with van der Waals surface area (Å²) in [7, 11) is 0. The molecule has 0 amide bonds. The van der Waals surface area contributed by atoms with Gasteiger partial charge in [-0.25, -0.2) is 0 Å². The quantitative estimate of drug-likeness (QED) is 0.779. The molecule has 1 heterocycles. The third-order valence-electron chi connectivity index (χ3n) is 2.72. The summed E-state index contributed by atoms with van der Waals surface area (Å²) < 4.78 is 5.20. The highest BCUT2D eigenvalue weighted by atomic mass is 16.5. The van der Waals surface area contributed by atoms with Gasteiger partial charge in [-0.1, -0.05) is 35.0 Å². The molecule has 0 aliphatic heterocycles. The van der Waals surface area contributed by atoms with E-state index in [0.717, 1.165) is 11.3 Å². The SMILES string of the molecule is Cc1ccc(-c2cc(CNCCC(=O)O)on2)cc1. The van der Waals surface area contributed by atoms with Crippen LogP contribution in [0.1, 0.15) is 17.7 Å². The first kappa shape index (κ1) is 13.3. The van der Waals surface area contributed by atoms with Crippen molar-refractivity contribution in [3.8, 4) is 11.3 Å². The molecule has 0 bridgehead atoms. The zero-order valence-electron chi connectivity index (χ0n) is 10.7. The van der Waals surface area contributed by atoms with Crippen molar-refractivity contribution in [3.05, 3.63) is 41.7 Å². The minimum absolute atomic E-state index is 0.0962. The van der Waals surface area contributed by atoms with Crippen LogP contribution in [0.3, 0.4) is 0 Å². The van der Waals surface area contributed by atoms with E-state index in [-0.39, 0.29) is 6.42 Å². The predicted octanol–water partition coefficient (Wildman–Crippen LogP) is 2.21. The van der Waals surface area contributed by atoms with Gasteiger partial charge >= 0.3 is 5.97 Å². The molecular formula is C14H16N2O3. The molecule has 5 heteroatoms. The Labute approximate surface area is 111 Å². The number of carboxylic acids is 1. The van der Waals surface area contributed by atoms with Crippen LogP contribution in [0, 0.1) is 6.92 Å². The monoisotopic (exact) mass is 260 g/mol. The molecule has 0 spiro atoms. The van der Waals surface area contributed by atoms with Crippen LogP contribution in [-0.4, -0.2) is 22.8 Å². The number of rotatable bonds is 6. The Morgan fingerprint density at radius 3 is 2.79 bits per heavy atom. The van der Waals surface area contributed by atoms with Gasteiger partial charge in [0.2, 0.25) is 0 Å². The summed E-state index contributed by atoms with van der Waals surface area (Å²) in [6.07, 6.45) is 0.0962. The second-order valence-electron chi connectivity index (χ2n) is 4.37. The first-order valence-corrected chi connectivity index (χ1v) is 6.10. The number of nitrogens with one attached hydrogen (secondary N) is 1. The fourth-order valence-electron chi connectivity index (χ4n) is 1.66. The molecule has 0 atom stereocenters. The van der Waals surface area contributed by atoms with Crippen molar-refractivity contribution in [1.82, 2.24) is 10.5 Å². The molecule has 0 radical (unpaired) electrons. The lowest BCUT2D eigenvalue weighted by atomic mass is 10.1. The molecule has 5 nitrogen and oxygen atoms in total. The first-order valence-electron chi connectivity index (χ1n) is 6.10. The fourth-order valence-corrected chi connectivity index (χ4v) is 1.66. The maximum absolute atomic E-state index is 10.4. The van der Waals surface area contributed by atoms with Crippen molar-refractivity contribution >= 4 is 5.97 Å². The Hall–Kier alpha value is -2.14. The molecule has 0 saturated heterocycles. The lowest BCUT2D eigenvalue weighted by molar-refractivity contribution is -0.136. The second kappa shape index (κ2) is 6.15. The molecule has 1 aromatic carbocycles. The standard InChI is InChI=1S/C14H16N2O3/c1-10-2-4-11(5-3-10)13-8-12(19-16-13)9-15-7-6-14(17)18/h2-5,8,15H,6-7,9H2,1H3,(H,17,18). The lowest BCUT2D eigenvalue weighted by Gasteiger charge is -1.97. The van der Waals surface area contributed by atoms with E-state index in [1.165, 1.54) is 5.56 Å². The van der Waals surface area contributed by atoms with Crippen LogP contribution < -0.4 is 5.32 Å². The van der Waals surface area contributed by atoms with Crippen molar-refractivity contribution < 1.29 is 14.4 Å². The number of aryl methyl sites for hydroxylation is 1. The summed E-state index contributed by atoms with van der Waals surface area (Å²) in [6.45, 7) is 2.92. The van der Waals surface area contributed by atoms with E-state index in [4.69, 9.17) is 9.63 Å². The average Bonchev–Trinajstić information content (AvgIpc) is 2.84. The largest absolute Gasteiger partial charge is 0.481 e. The number of aromatic nitrogens is 1. The van der Waals surface area contributed by atoms with Gasteiger partial charge in [0.1, 0.15) is 5.69 Å². The summed E-state index contributed by atoms with van der Waals surface area (Å²) in [5.41, 5.74) is 2.99. The van der Waals surface area contributed by atoms with Gasteiger partial charge in [0.25, 0.3) is 0 Å². The van der Waals surface area contributed by atoms with Crippen LogP contribution >= 0.6 is 0 Å². The number of benzene rings is 1. The Bertz CT molecular complexity index is 546. The van der Waals surface area contributed by atoms with E-state index in [1.807, 2.05) is 37.3 Å². The zero-order valence-corrected chi connectivity index (χ0v) is 10.7. The van der Waals surface area contributed by atoms with Crippen molar-refractivity contribution in [3.63, 3.8) is 0 Å².